The molecule has 4 aromatic heterocycles. The van der Waals surface area contributed by atoms with Gasteiger partial charge in [0.2, 0.25) is 5.13 Å². The average molecular weight is 435 g/mol. The summed E-state index contributed by atoms with van der Waals surface area (Å²) in [6.07, 6.45) is 1.58. The van der Waals surface area contributed by atoms with Gasteiger partial charge in [0.25, 0.3) is 11.1 Å². The largest absolute Gasteiger partial charge is 0.467 e. The molecular weight excluding hydrogens is 412 g/mol. The van der Waals surface area contributed by atoms with Gasteiger partial charge in [-0.05, 0) is 37.1 Å². The third-order valence-electron chi connectivity index (χ3n) is 5.37. The van der Waals surface area contributed by atoms with Crippen LogP contribution in [0.1, 0.15) is 25.3 Å². The summed E-state index contributed by atoms with van der Waals surface area (Å²) in [5.74, 6) is 0.944. The highest BCUT2D eigenvalue weighted by atomic mass is 32.1. The maximum Gasteiger partial charge on any atom is 0.283 e. The first kappa shape index (κ1) is 19.6. The fourth-order valence-corrected chi connectivity index (χ4v) is 4.94. The molecule has 0 aliphatic carbocycles. The van der Waals surface area contributed by atoms with Gasteiger partial charge in [0.1, 0.15) is 5.76 Å². The van der Waals surface area contributed by atoms with Crippen molar-refractivity contribution < 1.29 is 4.42 Å². The molecule has 4 heterocycles. The first-order valence-corrected chi connectivity index (χ1v) is 11.0. The lowest BCUT2D eigenvalue weighted by atomic mass is 10.2. The van der Waals surface area contributed by atoms with E-state index in [-0.39, 0.29) is 23.6 Å². The number of hydrogen-bond acceptors (Lipinski definition) is 5. The molecule has 0 spiro atoms. The molecule has 5 rings (SSSR count). The molecular formula is C23H22N4O3S. The van der Waals surface area contributed by atoms with Gasteiger partial charge in [-0.25, -0.2) is 4.98 Å². The monoisotopic (exact) mass is 434 g/mol. The molecule has 0 amide bonds. The lowest BCUT2D eigenvalue weighted by Crippen LogP contribution is -2.23. The number of furan rings is 1. The highest BCUT2D eigenvalue weighted by Crippen LogP contribution is 2.26. The van der Waals surface area contributed by atoms with Crippen molar-refractivity contribution in [3.8, 4) is 5.13 Å². The second-order valence-corrected chi connectivity index (χ2v) is 9.06. The zero-order valence-corrected chi connectivity index (χ0v) is 18.3. The van der Waals surface area contributed by atoms with Crippen molar-refractivity contribution in [1.82, 2.24) is 18.9 Å². The molecule has 158 valence electrons. The lowest BCUT2D eigenvalue weighted by Gasteiger charge is -2.13. The van der Waals surface area contributed by atoms with Crippen molar-refractivity contribution in [3.63, 3.8) is 0 Å². The fourth-order valence-electron chi connectivity index (χ4n) is 3.97. The summed E-state index contributed by atoms with van der Waals surface area (Å²) in [4.78, 5) is 31.4. The number of aryl methyl sites for hydroxylation is 1. The van der Waals surface area contributed by atoms with Crippen LogP contribution in [0.5, 0.6) is 0 Å². The van der Waals surface area contributed by atoms with Crippen molar-refractivity contribution in [3.05, 3.63) is 80.9 Å². The molecule has 8 heteroatoms. The predicted molar refractivity (Wildman–Crippen MR) is 122 cm³/mol. The summed E-state index contributed by atoms with van der Waals surface area (Å²) in [7, 11) is 0. The van der Waals surface area contributed by atoms with Crippen LogP contribution in [0.4, 0.5) is 0 Å². The maximum absolute atomic E-state index is 13.7. The number of benzene rings is 1. The average Bonchev–Trinajstić information content (AvgIpc) is 3.43. The third-order valence-corrected chi connectivity index (χ3v) is 6.38. The summed E-state index contributed by atoms with van der Waals surface area (Å²) in [5.41, 5.74) is 1.78. The van der Waals surface area contributed by atoms with E-state index in [4.69, 9.17) is 9.40 Å². The van der Waals surface area contributed by atoms with E-state index in [1.807, 2.05) is 41.9 Å². The molecule has 0 unspecified atom stereocenters. The molecule has 0 aliphatic heterocycles. The minimum Gasteiger partial charge on any atom is -0.467 e. The second-order valence-electron chi connectivity index (χ2n) is 8.05. The standard InChI is InChI=1S/C23H22N4O3S/c1-14(2)12-26-18-11-20(28)25(13-16-7-6-10-30-16)15(3)21(18)22(29)27(26)23-24-17-8-4-5-9-19(17)31-23/h4-11,14H,12-13H2,1-3H3. The van der Waals surface area contributed by atoms with E-state index in [1.165, 1.54) is 11.3 Å². The minimum atomic E-state index is -0.166. The molecule has 0 fully saturated rings. The Morgan fingerprint density at radius 1 is 1.13 bits per heavy atom. The van der Waals surface area contributed by atoms with Gasteiger partial charge in [-0.15, -0.1) is 0 Å². The van der Waals surface area contributed by atoms with Crippen LogP contribution in [0.2, 0.25) is 0 Å². The summed E-state index contributed by atoms with van der Waals surface area (Å²) in [6, 6.07) is 13.0. The fraction of sp³-hybridized carbons (Fsp3) is 0.261. The van der Waals surface area contributed by atoms with E-state index in [2.05, 4.69) is 13.8 Å². The highest BCUT2D eigenvalue weighted by Gasteiger charge is 2.22. The number of thiazole rings is 1. The van der Waals surface area contributed by atoms with E-state index in [0.717, 1.165) is 10.2 Å². The Bertz CT molecular complexity index is 1480. The molecule has 1 aromatic carbocycles. The van der Waals surface area contributed by atoms with Crippen molar-refractivity contribution in [1.29, 1.82) is 0 Å². The minimum absolute atomic E-state index is 0.166. The molecule has 0 bridgehead atoms. The van der Waals surface area contributed by atoms with Crippen molar-refractivity contribution in [2.24, 2.45) is 5.92 Å². The number of aromatic nitrogens is 4. The van der Waals surface area contributed by atoms with Gasteiger partial charge in [0.15, 0.2) is 0 Å². The van der Waals surface area contributed by atoms with Crippen molar-refractivity contribution in [2.45, 2.75) is 33.9 Å². The predicted octanol–water partition coefficient (Wildman–Crippen LogP) is 4.17. The molecule has 0 saturated heterocycles. The molecule has 31 heavy (non-hydrogen) atoms. The van der Waals surface area contributed by atoms with E-state index in [1.54, 1.807) is 27.6 Å². The van der Waals surface area contributed by atoms with Crippen LogP contribution in [0, 0.1) is 12.8 Å². The number of hydrogen-bond donors (Lipinski definition) is 0. The van der Waals surface area contributed by atoms with E-state index >= 15 is 0 Å². The van der Waals surface area contributed by atoms with Crippen LogP contribution < -0.4 is 11.1 Å². The van der Waals surface area contributed by atoms with Crippen LogP contribution in [-0.2, 0) is 13.1 Å². The van der Waals surface area contributed by atoms with Crippen molar-refractivity contribution >= 4 is 32.5 Å². The Labute approximate surface area is 181 Å². The van der Waals surface area contributed by atoms with Crippen molar-refractivity contribution in [2.75, 3.05) is 0 Å². The normalized spacial score (nSPS) is 11.9. The number of pyridine rings is 1. The lowest BCUT2D eigenvalue weighted by molar-refractivity contribution is 0.458. The van der Waals surface area contributed by atoms with E-state index < -0.39 is 0 Å². The smallest absolute Gasteiger partial charge is 0.283 e. The van der Waals surface area contributed by atoms with Crippen LogP contribution in [-0.4, -0.2) is 18.9 Å². The maximum atomic E-state index is 13.7. The van der Waals surface area contributed by atoms with Crippen LogP contribution in [0.3, 0.4) is 0 Å². The number of fused-ring (bicyclic) bond motifs is 2. The quantitative estimate of drug-likeness (QED) is 0.416. The first-order valence-electron chi connectivity index (χ1n) is 10.2. The van der Waals surface area contributed by atoms with Gasteiger partial charge < -0.3 is 8.98 Å². The van der Waals surface area contributed by atoms with Gasteiger partial charge in [-0.3, -0.25) is 14.3 Å². The molecule has 0 saturated carbocycles. The topological polar surface area (TPSA) is 75.0 Å². The van der Waals surface area contributed by atoms with Crippen LogP contribution in [0.15, 0.2) is 62.7 Å². The number of para-hydroxylation sites is 1. The van der Waals surface area contributed by atoms with E-state index in [9.17, 15) is 9.59 Å². The number of nitrogens with zero attached hydrogens (tertiary/aromatic N) is 4. The third kappa shape index (κ3) is 3.23. The second kappa shape index (κ2) is 7.39. The first-order chi connectivity index (χ1) is 14.9. The summed E-state index contributed by atoms with van der Waals surface area (Å²) >= 11 is 1.47. The van der Waals surface area contributed by atoms with Gasteiger partial charge >= 0.3 is 0 Å². The zero-order valence-electron chi connectivity index (χ0n) is 17.5. The Morgan fingerprint density at radius 2 is 1.94 bits per heavy atom. The van der Waals surface area contributed by atoms with E-state index in [0.29, 0.717) is 34.0 Å². The number of rotatable bonds is 5. The van der Waals surface area contributed by atoms with Gasteiger partial charge in [0.05, 0.1) is 33.9 Å². The Hall–Kier alpha value is -3.39. The van der Waals surface area contributed by atoms with Gasteiger partial charge in [-0.2, -0.15) is 4.68 Å². The SMILES string of the molecule is Cc1c2c(=O)n(-c3nc4ccccc4s3)n(CC(C)C)c2cc(=O)n1Cc1ccco1. The summed E-state index contributed by atoms with van der Waals surface area (Å²) in [6.45, 7) is 6.86. The Kier molecular flexibility index (Phi) is 4.66. The van der Waals surface area contributed by atoms with Gasteiger partial charge in [0, 0.05) is 18.3 Å². The summed E-state index contributed by atoms with van der Waals surface area (Å²) < 4.78 is 11.5. The molecule has 5 aromatic rings. The highest BCUT2D eigenvalue weighted by molar-refractivity contribution is 7.20. The Balaban J connectivity index is 1.80. The molecule has 0 radical (unpaired) electrons. The summed E-state index contributed by atoms with van der Waals surface area (Å²) in [5, 5.41) is 1.14. The van der Waals surface area contributed by atoms with Gasteiger partial charge in [-0.1, -0.05) is 37.3 Å². The Morgan fingerprint density at radius 3 is 2.65 bits per heavy atom. The zero-order chi connectivity index (χ0) is 21.7. The van der Waals surface area contributed by atoms with Crippen LogP contribution >= 0.6 is 11.3 Å². The molecule has 0 N–H and O–H groups in total. The van der Waals surface area contributed by atoms with Crippen LogP contribution in [0.25, 0.3) is 26.3 Å². The molecule has 0 aliphatic rings. The molecule has 0 atom stereocenters. The molecule has 7 nitrogen and oxygen atoms in total.